The molecular formula is C14H23N. The van der Waals surface area contributed by atoms with E-state index in [0.29, 0.717) is 10.8 Å². The highest BCUT2D eigenvalue weighted by Gasteiger charge is 2.65. The highest BCUT2D eigenvalue weighted by Crippen LogP contribution is 2.68. The molecule has 2 saturated carbocycles. The van der Waals surface area contributed by atoms with Crippen molar-refractivity contribution < 1.29 is 0 Å². The molecule has 0 aliphatic heterocycles. The van der Waals surface area contributed by atoms with E-state index in [1.165, 1.54) is 19.3 Å². The zero-order chi connectivity index (χ0) is 11.1. The summed E-state index contributed by atoms with van der Waals surface area (Å²) in [6.45, 7) is 9.48. The average molecular weight is 205 g/mol. The summed E-state index contributed by atoms with van der Waals surface area (Å²) in [5.74, 6) is 1.71. The van der Waals surface area contributed by atoms with Crippen LogP contribution in [0.25, 0.3) is 0 Å². The lowest BCUT2D eigenvalue weighted by atomic mass is 9.47. The Morgan fingerprint density at radius 2 is 1.87 bits per heavy atom. The predicted octanol–water partition coefficient (Wildman–Crippen LogP) is 3.11. The Bertz CT molecular complexity index is 350. The minimum Gasteiger partial charge on any atom is -0.321 e. The second-order valence-electron chi connectivity index (χ2n) is 7.23. The SMILES string of the molecule is CC1(C)C2CC=C(C3(N)CC3(C)C)C1C2. The number of allylic oxidation sites excluding steroid dienone is 1. The van der Waals surface area contributed by atoms with E-state index < -0.39 is 0 Å². The average Bonchev–Trinajstić information content (AvgIpc) is 2.67. The van der Waals surface area contributed by atoms with Crippen molar-refractivity contribution in [2.45, 2.75) is 52.5 Å². The van der Waals surface area contributed by atoms with Gasteiger partial charge in [0.25, 0.3) is 0 Å². The molecule has 0 heterocycles. The molecular weight excluding hydrogens is 182 g/mol. The number of nitrogens with two attached hydrogens (primary N) is 1. The zero-order valence-electron chi connectivity index (χ0n) is 10.4. The Hall–Kier alpha value is -0.300. The first-order valence-electron chi connectivity index (χ1n) is 6.28. The van der Waals surface area contributed by atoms with Crippen LogP contribution in [0.4, 0.5) is 0 Å². The zero-order valence-corrected chi connectivity index (χ0v) is 10.4. The third kappa shape index (κ3) is 0.982. The molecule has 4 aliphatic rings. The van der Waals surface area contributed by atoms with Crippen LogP contribution in [0.15, 0.2) is 11.6 Å². The Kier molecular flexibility index (Phi) is 1.55. The van der Waals surface area contributed by atoms with E-state index in [9.17, 15) is 0 Å². The van der Waals surface area contributed by atoms with E-state index in [0.717, 1.165) is 11.8 Å². The van der Waals surface area contributed by atoms with Gasteiger partial charge in [-0.05, 0) is 41.9 Å². The highest BCUT2D eigenvalue weighted by molar-refractivity contribution is 5.41. The van der Waals surface area contributed by atoms with Gasteiger partial charge in [0.15, 0.2) is 0 Å². The lowest BCUT2D eigenvalue weighted by molar-refractivity contribution is -0.0119. The van der Waals surface area contributed by atoms with E-state index in [1.54, 1.807) is 5.57 Å². The molecule has 4 rings (SSSR count). The van der Waals surface area contributed by atoms with Gasteiger partial charge in [-0.1, -0.05) is 39.3 Å². The second kappa shape index (κ2) is 2.34. The molecule has 84 valence electrons. The Balaban J connectivity index is 1.94. The molecule has 0 saturated heterocycles. The van der Waals surface area contributed by atoms with Crippen LogP contribution in [0.3, 0.4) is 0 Å². The van der Waals surface area contributed by atoms with Crippen molar-refractivity contribution in [3.05, 3.63) is 11.6 Å². The molecule has 15 heavy (non-hydrogen) atoms. The van der Waals surface area contributed by atoms with Gasteiger partial charge in [0.1, 0.15) is 0 Å². The van der Waals surface area contributed by atoms with E-state index in [2.05, 4.69) is 33.8 Å². The maximum absolute atomic E-state index is 6.57. The molecule has 0 aromatic heterocycles. The molecule has 0 amide bonds. The van der Waals surface area contributed by atoms with Crippen molar-refractivity contribution in [3.8, 4) is 0 Å². The number of fused-ring (bicyclic) bond motifs is 1. The lowest BCUT2D eigenvalue weighted by Crippen LogP contribution is -2.52. The summed E-state index contributed by atoms with van der Waals surface area (Å²) in [6.07, 6.45) is 6.32. The molecule has 1 heteroatoms. The number of hydrogen-bond donors (Lipinski definition) is 1. The molecule has 1 nitrogen and oxygen atoms in total. The predicted molar refractivity (Wildman–Crippen MR) is 63.4 cm³/mol. The molecule has 0 spiro atoms. The Morgan fingerprint density at radius 3 is 2.27 bits per heavy atom. The van der Waals surface area contributed by atoms with Gasteiger partial charge in [-0.25, -0.2) is 0 Å². The smallest absolute Gasteiger partial charge is 0.0430 e. The third-order valence-electron chi connectivity index (χ3n) is 5.79. The first kappa shape index (κ1) is 9.89. The van der Waals surface area contributed by atoms with Crippen molar-refractivity contribution in [3.63, 3.8) is 0 Å². The van der Waals surface area contributed by atoms with Crippen LogP contribution in [0.2, 0.25) is 0 Å². The van der Waals surface area contributed by atoms with Crippen LogP contribution < -0.4 is 5.73 Å². The van der Waals surface area contributed by atoms with Crippen LogP contribution in [0.5, 0.6) is 0 Å². The summed E-state index contributed by atoms with van der Waals surface area (Å²) < 4.78 is 0. The normalized spacial score (nSPS) is 49.3. The number of rotatable bonds is 1. The summed E-state index contributed by atoms with van der Waals surface area (Å²) in [5, 5.41) is 0. The van der Waals surface area contributed by atoms with E-state index >= 15 is 0 Å². The molecule has 3 atom stereocenters. The molecule has 2 N–H and O–H groups in total. The van der Waals surface area contributed by atoms with Crippen LogP contribution in [-0.2, 0) is 0 Å². The van der Waals surface area contributed by atoms with Crippen LogP contribution >= 0.6 is 0 Å². The van der Waals surface area contributed by atoms with Gasteiger partial charge in [-0.3, -0.25) is 0 Å². The fourth-order valence-electron chi connectivity index (χ4n) is 3.99. The standard InChI is InChI=1S/C14H23N/c1-12(2)8-14(12,15)10-6-5-9-7-11(10)13(9,3)4/h6,9,11H,5,7-8,15H2,1-4H3. The van der Waals surface area contributed by atoms with Gasteiger partial charge in [0.2, 0.25) is 0 Å². The van der Waals surface area contributed by atoms with Gasteiger partial charge in [-0.2, -0.15) is 0 Å². The Morgan fingerprint density at radius 1 is 1.27 bits per heavy atom. The van der Waals surface area contributed by atoms with Crippen LogP contribution in [-0.4, -0.2) is 5.54 Å². The molecule has 4 aliphatic carbocycles. The van der Waals surface area contributed by atoms with Gasteiger partial charge >= 0.3 is 0 Å². The Labute approximate surface area is 93.1 Å². The largest absolute Gasteiger partial charge is 0.321 e. The molecule has 0 aromatic carbocycles. The van der Waals surface area contributed by atoms with Crippen molar-refractivity contribution in [2.75, 3.05) is 0 Å². The van der Waals surface area contributed by atoms with Crippen molar-refractivity contribution in [2.24, 2.45) is 28.4 Å². The number of hydrogen-bond acceptors (Lipinski definition) is 1. The minimum atomic E-state index is 0.0420. The maximum atomic E-state index is 6.57. The second-order valence-corrected chi connectivity index (χ2v) is 7.23. The van der Waals surface area contributed by atoms with Gasteiger partial charge < -0.3 is 5.73 Å². The van der Waals surface area contributed by atoms with E-state index in [1.807, 2.05) is 0 Å². The fraction of sp³-hybridized carbons (Fsp3) is 0.857. The summed E-state index contributed by atoms with van der Waals surface area (Å²) in [5.41, 5.74) is 9.07. The van der Waals surface area contributed by atoms with Crippen LogP contribution in [0.1, 0.15) is 47.0 Å². The van der Waals surface area contributed by atoms with Gasteiger partial charge in [0.05, 0.1) is 0 Å². The summed E-state index contributed by atoms with van der Waals surface area (Å²) >= 11 is 0. The molecule has 2 bridgehead atoms. The lowest BCUT2D eigenvalue weighted by Gasteiger charge is -2.58. The minimum absolute atomic E-state index is 0.0420. The first-order valence-corrected chi connectivity index (χ1v) is 6.28. The van der Waals surface area contributed by atoms with E-state index in [4.69, 9.17) is 5.73 Å². The fourth-order valence-corrected chi connectivity index (χ4v) is 3.99. The van der Waals surface area contributed by atoms with Crippen LogP contribution in [0, 0.1) is 22.7 Å². The highest BCUT2D eigenvalue weighted by atomic mass is 14.9. The molecule has 0 aromatic rings. The van der Waals surface area contributed by atoms with Gasteiger partial charge in [0, 0.05) is 5.54 Å². The van der Waals surface area contributed by atoms with Crippen molar-refractivity contribution in [1.29, 1.82) is 0 Å². The van der Waals surface area contributed by atoms with Crippen molar-refractivity contribution in [1.82, 2.24) is 0 Å². The molecule has 2 fully saturated rings. The maximum Gasteiger partial charge on any atom is 0.0430 e. The monoisotopic (exact) mass is 205 g/mol. The third-order valence-corrected chi connectivity index (χ3v) is 5.79. The quantitative estimate of drug-likeness (QED) is 0.654. The van der Waals surface area contributed by atoms with Crippen molar-refractivity contribution >= 4 is 0 Å². The molecule has 3 unspecified atom stereocenters. The first-order chi connectivity index (χ1) is 6.79. The summed E-state index contributed by atoms with van der Waals surface area (Å²) in [7, 11) is 0. The van der Waals surface area contributed by atoms with Gasteiger partial charge in [-0.15, -0.1) is 0 Å². The summed E-state index contributed by atoms with van der Waals surface area (Å²) in [6, 6.07) is 0. The summed E-state index contributed by atoms with van der Waals surface area (Å²) in [4.78, 5) is 0. The topological polar surface area (TPSA) is 26.0 Å². The molecule has 0 radical (unpaired) electrons. The van der Waals surface area contributed by atoms with E-state index in [-0.39, 0.29) is 5.54 Å².